The van der Waals surface area contributed by atoms with Gasteiger partial charge in [0.1, 0.15) is 6.04 Å². The summed E-state index contributed by atoms with van der Waals surface area (Å²) >= 11 is 12.4. The first-order valence-electron chi connectivity index (χ1n) is 8.63. The van der Waals surface area contributed by atoms with Crippen molar-refractivity contribution in [3.05, 3.63) is 99.5 Å². The number of anilines is 1. The Morgan fingerprint density at radius 1 is 0.926 bits per heavy atom. The summed E-state index contributed by atoms with van der Waals surface area (Å²) in [4.78, 5) is 13.0. The molecule has 27 heavy (non-hydrogen) atoms. The van der Waals surface area contributed by atoms with Crippen molar-refractivity contribution < 1.29 is 4.79 Å². The molecular weight excluding hydrogens is 379 g/mol. The van der Waals surface area contributed by atoms with Crippen LogP contribution < -0.4 is 10.6 Å². The lowest BCUT2D eigenvalue weighted by Gasteiger charge is -2.19. The molecule has 1 amide bonds. The lowest BCUT2D eigenvalue weighted by atomic mass is 10.1. The van der Waals surface area contributed by atoms with Crippen LogP contribution in [0.5, 0.6) is 0 Å². The van der Waals surface area contributed by atoms with Crippen LogP contribution in [0.25, 0.3) is 0 Å². The van der Waals surface area contributed by atoms with Crippen LogP contribution >= 0.6 is 23.2 Å². The molecule has 0 saturated heterocycles. The summed E-state index contributed by atoms with van der Waals surface area (Å²) in [6, 6.07) is 22.1. The number of amides is 1. The van der Waals surface area contributed by atoms with E-state index >= 15 is 0 Å². The van der Waals surface area contributed by atoms with E-state index in [1.165, 1.54) is 0 Å². The van der Waals surface area contributed by atoms with E-state index in [1.807, 2.05) is 73.7 Å². The topological polar surface area (TPSA) is 41.1 Å². The SMILES string of the molecule is Cc1ccc(NC(=O)[C@H](NCc2ccccc2Cl)c2ccccc2)cc1Cl. The van der Waals surface area contributed by atoms with Crippen molar-refractivity contribution in [2.75, 3.05) is 5.32 Å². The van der Waals surface area contributed by atoms with Gasteiger partial charge in [-0.1, -0.05) is 77.8 Å². The van der Waals surface area contributed by atoms with Gasteiger partial charge in [0, 0.05) is 22.3 Å². The van der Waals surface area contributed by atoms with E-state index in [9.17, 15) is 4.79 Å². The molecule has 0 aliphatic rings. The molecule has 3 aromatic rings. The maximum absolute atomic E-state index is 13.0. The smallest absolute Gasteiger partial charge is 0.246 e. The normalized spacial score (nSPS) is 11.8. The highest BCUT2D eigenvalue weighted by atomic mass is 35.5. The number of nitrogens with one attached hydrogen (secondary N) is 2. The predicted molar refractivity (Wildman–Crippen MR) is 112 cm³/mol. The highest BCUT2D eigenvalue weighted by Gasteiger charge is 2.20. The van der Waals surface area contributed by atoms with Gasteiger partial charge in [-0.15, -0.1) is 0 Å². The zero-order valence-electron chi connectivity index (χ0n) is 14.9. The van der Waals surface area contributed by atoms with E-state index in [0.29, 0.717) is 22.3 Å². The van der Waals surface area contributed by atoms with Gasteiger partial charge < -0.3 is 5.32 Å². The zero-order valence-corrected chi connectivity index (χ0v) is 16.4. The standard InChI is InChI=1S/C22H20Cl2N2O/c1-15-11-12-18(13-20(15)24)26-22(27)21(16-7-3-2-4-8-16)25-14-17-9-5-6-10-19(17)23/h2-13,21,25H,14H2,1H3,(H,26,27)/t21-/m1/s1. The summed E-state index contributed by atoms with van der Waals surface area (Å²) < 4.78 is 0. The first kappa shape index (κ1) is 19.4. The molecule has 0 spiro atoms. The Bertz CT molecular complexity index is 929. The molecule has 0 aliphatic carbocycles. The second-order valence-corrected chi connectivity index (χ2v) is 7.08. The van der Waals surface area contributed by atoms with E-state index in [0.717, 1.165) is 16.7 Å². The highest BCUT2D eigenvalue weighted by molar-refractivity contribution is 6.31. The fraction of sp³-hybridized carbons (Fsp3) is 0.136. The minimum atomic E-state index is -0.525. The van der Waals surface area contributed by atoms with Crippen LogP contribution in [0.2, 0.25) is 10.0 Å². The van der Waals surface area contributed by atoms with Crippen LogP contribution in [0, 0.1) is 6.92 Å². The van der Waals surface area contributed by atoms with Crippen LogP contribution in [0.3, 0.4) is 0 Å². The number of halogens is 2. The van der Waals surface area contributed by atoms with E-state index < -0.39 is 6.04 Å². The van der Waals surface area contributed by atoms with Gasteiger partial charge in [0.25, 0.3) is 0 Å². The van der Waals surface area contributed by atoms with Gasteiger partial charge in [-0.05, 0) is 41.8 Å². The van der Waals surface area contributed by atoms with Crippen LogP contribution in [0.15, 0.2) is 72.8 Å². The van der Waals surface area contributed by atoms with Gasteiger partial charge in [0.15, 0.2) is 0 Å². The summed E-state index contributed by atoms with van der Waals surface area (Å²) in [7, 11) is 0. The molecule has 5 heteroatoms. The van der Waals surface area contributed by atoms with Crippen LogP contribution in [0.1, 0.15) is 22.7 Å². The van der Waals surface area contributed by atoms with Gasteiger partial charge in [0.2, 0.25) is 5.91 Å². The molecule has 0 unspecified atom stereocenters. The van der Waals surface area contributed by atoms with Crippen molar-refractivity contribution >= 4 is 34.8 Å². The van der Waals surface area contributed by atoms with Gasteiger partial charge in [0.05, 0.1) is 0 Å². The van der Waals surface area contributed by atoms with Gasteiger partial charge in [-0.2, -0.15) is 0 Å². The number of rotatable bonds is 6. The minimum absolute atomic E-state index is 0.159. The fourth-order valence-electron chi connectivity index (χ4n) is 2.75. The fourth-order valence-corrected chi connectivity index (χ4v) is 3.13. The molecule has 0 bridgehead atoms. The van der Waals surface area contributed by atoms with E-state index in [4.69, 9.17) is 23.2 Å². The number of carbonyl (C=O) groups excluding carboxylic acids is 1. The second kappa shape index (κ2) is 9.05. The maximum Gasteiger partial charge on any atom is 0.246 e. The van der Waals surface area contributed by atoms with Gasteiger partial charge in [-0.25, -0.2) is 0 Å². The summed E-state index contributed by atoms with van der Waals surface area (Å²) in [6.07, 6.45) is 0. The maximum atomic E-state index is 13.0. The Hall–Kier alpha value is -2.33. The van der Waals surface area contributed by atoms with Crippen molar-refractivity contribution in [2.45, 2.75) is 19.5 Å². The monoisotopic (exact) mass is 398 g/mol. The second-order valence-electron chi connectivity index (χ2n) is 6.27. The summed E-state index contributed by atoms with van der Waals surface area (Å²) in [5.41, 5.74) is 3.44. The number of carbonyl (C=O) groups is 1. The number of hydrogen-bond donors (Lipinski definition) is 2. The Morgan fingerprint density at radius 2 is 1.63 bits per heavy atom. The van der Waals surface area contributed by atoms with Gasteiger partial charge >= 0.3 is 0 Å². The minimum Gasteiger partial charge on any atom is -0.324 e. The van der Waals surface area contributed by atoms with E-state index in [-0.39, 0.29) is 5.91 Å². The molecule has 0 heterocycles. The summed E-state index contributed by atoms with van der Waals surface area (Å²) in [5, 5.41) is 7.54. The first-order chi connectivity index (χ1) is 13.0. The molecule has 0 fully saturated rings. The van der Waals surface area contributed by atoms with Crippen molar-refractivity contribution in [1.82, 2.24) is 5.32 Å². The van der Waals surface area contributed by atoms with Crippen molar-refractivity contribution in [3.63, 3.8) is 0 Å². The van der Waals surface area contributed by atoms with Crippen LogP contribution in [0.4, 0.5) is 5.69 Å². The molecule has 2 N–H and O–H groups in total. The van der Waals surface area contributed by atoms with Gasteiger partial charge in [-0.3, -0.25) is 10.1 Å². The lowest BCUT2D eigenvalue weighted by Crippen LogP contribution is -2.32. The number of benzene rings is 3. The molecule has 0 aromatic heterocycles. The third-order valence-electron chi connectivity index (χ3n) is 4.29. The molecule has 3 rings (SSSR count). The molecule has 1 atom stereocenters. The van der Waals surface area contributed by atoms with Crippen molar-refractivity contribution in [3.8, 4) is 0 Å². The quantitative estimate of drug-likeness (QED) is 0.552. The molecule has 0 saturated carbocycles. The zero-order chi connectivity index (χ0) is 19.2. The number of aryl methyl sites for hydroxylation is 1. The largest absolute Gasteiger partial charge is 0.324 e. The molecule has 3 aromatic carbocycles. The predicted octanol–water partition coefficient (Wildman–Crippen LogP) is 5.77. The van der Waals surface area contributed by atoms with Crippen molar-refractivity contribution in [1.29, 1.82) is 0 Å². The molecule has 138 valence electrons. The Kier molecular flexibility index (Phi) is 6.51. The molecule has 3 nitrogen and oxygen atoms in total. The molecule has 0 radical (unpaired) electrons. The molecular formula is C22H20Cl2N2O. The summed E-state index contributed by atoms with van der Waals surface area (Å²) in [6.45, 7) is 2.40. The van der Waals surface area contributed by atoms with Crippen molar-refractivity contribution in [2.24, 2.45) is 0 Å². The molecule has 0 aliphatic heterocycles. The van der Waals surface area contributed by atoms with Crippen LogP contribution in [-0.2, 0) is 11.3 Å². The van der Waals surface area contributed by atoms with E-state index in [1.54, 1.807) is 6.07 Å². The van der Waals surface area contributed by atoms with E-state index in [2.05, 4.69) is 10.6 Å². The average Bonchev–Trinajstić information content (AvgIpc) is 2.67. The van der Waals surface area contributed by atoms with Crippen LogP contribution in [-0.4, -0.2) is 5.91 Å². The first-order valence-corrected chi connectivity index (χ1v) is 9.39. The third kappa shape index (κ3) is 5.10. The lowest BCUT2D eigenvalue weighted by molar-refractivity contribution is -0.118. The Balaban J connectivity index is 1.80. The Morgan fingerprint density at radius 3 is 2.33 bits per heavy atom. The highest BCUT2D eigenvalue weighted by Crippen LogP contribution is 2.23. The third-order valence-corrected chi connectivity index (χ3v) is 5.06. The average molecular weight is 399 g/mol. The number of hydrogen-bond acceptors (Lipinski definition) is 2. The summed E-state index contributed by atoms with van der Waals surface area (Å²) in [5.74, 6) is -0.159. The Labute approximate surface area is 169 Å².